The summed E-state index contributed by atoms with van der Waals surface area (Å²) in [7, 11) is 0. The highest BCUT2D eigenvalue weighted by atomic mass is 79.9. The summed E-state index contributed by atoms with van der Waals surface area (Å²) in [6.45, 7) is 1.40. The fraction of sp³-hybridized carbons (Fsp3) is 0.353. The van der Waals surface area contributed by atoms with Gasteiger partial charge in [-0.25, -0.2) is 4.98 Å². The summed E-state index contributed by atoms with van der Waals surface area (Å²) in [6, 6.07) is 8.11. The number of hydrogen-bond acceptors (Lipinski definition) is 5. The molecule has 7 heteroatoms. The summed E-state index contributed by atoms with van der Waals surface area (Å²) in [5, 5.41) is 10.8. The quantitative estimate of drug-likeness (QED) is 0.684. The minimum Gasteiger partial charge on any atom is -0.381 e. The van der Waals surface area contributed by atoms with Crippen LogP contribution in [0.1, 0.15) is 29.8 Å². The normalized spacial score (nSPS) is 15.2. The van der Waals surface area contributed by atoms with Crippen LogP contribution in [0.15, 0.2) is 33.5 Å². The molecule has 1 aliphatic heterocycles. The lowest BCUT2D eigenvalue weighted by Crippen LogP contribution is -2.30. The van der Waals surface area contributed by atoms with E-state index in [2.05, 4.69) is 31.2 Å². The van der Waals surface area contributed by atoms with Crippen molar-refractivity contribution in [1.82, 2.24) is 9.97 Å². The second-order valence-corrected chi connectivity index (χ2v) is 6.67. The number of H-pyrrole nitrogens is 1. The highest BCUT2D eigenvalue weighted by Crippen LogP contribution is 2.16. The van der Waals surface area contributed by atoms with Crippen LogP contribution in [0.2, 0.25) is 0 Å². The van der Waals surface area contributed by atoms with E-state index in [9.17, 15) is 4.79 Å². The molecule has 1 aliphatic rings. The lowest BCUT2D eigenvalue weighted by atomic mass is 10.1. The number of nitrogens with one attached hydrogen (secondary N) is 3. The van der Waals surface area contributed by atoms with Gasteiger partial charge in [-0.3, -0.25) is 4.79 Å². The molecular weight excluding hydrogens is 372 g/mol. The molecular formula is C17H19BrN4O2. The van der Waals surface area contributed by atoms with Crippen LogP contribution in [0, 0.1) is 5.41 Å². The molecule has 0 bridgehead atoms. The summed E-state index contributed by atoms with van der Waals surface area (Å²) in [4.78, 5) is 19.6. The molecule has 0 atom stereocenters. The van der Waals surface area contributed by atoms with Crippen molar-refractivity contribution >= 4 is 28.0 Å². The second kappa shape index (κ2) is 7.72. The summed E-state index contributed by atoms with van der Waals surface area (Å²) >= 11 is 3.41. The SMILES string of the molecule is N=Cc1c(NC2CCOCC2)nc(Cc2ccc(Br)cc2)[nH]c1=O. The van der Waals surface area contributed by atoms with Crippen LogP contribution >= 0.6 is 15.9 Å². The molecule has 126 valence electrons. The minimum atomic E-state index is -0.290. The highest BCUT2D eigenvalue weighted by molar-refractivity contribution is 9.10. The number of benzene rings is 1. The third-order valence-electron chi connectivity index (χ3n) is 4.00. The third kappa shape index (κ3) is 4.10. The lowest BCUT2D eigenvalue weighted by molar-refractivity contribution is 0.0904. The summed E-state index contributed by atoms with van der Waals surface area (Å²) in [5.74, 6) is 1.07. The molecule has 0 aliphatic carbocycles. The van der Waals surface area contributed by atoms with Gasteiger partial charge in [0, 0.05) is 36.4 Å². The first-order valence-corrected chi connectivity index (χ1v) is 8.67. The predicted molar refractivity (Wildman–Crippen MR) is 97.2 cm³/mol. The number of nitrogens with zero attached hydrogens (tertiary/aromatic N) is 1. The van der Waals surface area contributed by atoms with E-state index in [0.717, 1.165) is 29.1 Å². The zero-order chi connectivity index (χ0) is 16.9. The second-order valence-electron chi connectivity index (χ2n) is 5.75. The molecule has 0 spiro atoms. The molecule has 0 radical (unpaired) electrons. The van der Waals surface area contributed by atoms with E-state index in [1.807, 2.05) is 24.3 Å². The van der Waals surface area contributed by atoms with E-state index in [1.165, 1.54) is 0 Å². The first-order valence-electron chi connectivity index (χ1n) is 7.88. The van der Waals surface area contributed by atoms with Crippen molar-refractivity contribution in [2.75, 3.05) is 18.5 Å². The molecule has 1 fully saturated rings. The molecule has 3 N–H and O–H groups in total. The molecule has 1 aromatic heterocycles. The van der Waals surface area contributed by atoms with Gasteiger partial charge in [-0.05, 0) is 30.5 Å². The van der Waals surface area contributed by atoms with Crippen molar-refractivity contribution in [2.24, 2.45) is 0 Å². The summed E-state index contributed by atoms with van der Waals surface area (Å²) in [6.07, 6.45) is 3.32. The van der Waals surface area contributed by atoms with E-state index < -0.39 is 0 Å². The molecule has 0 unspecified atom stereocenters. The maximum absolute atomic E-state index is 12.3. The fourth-order valence-corrected chi connectivity index (χ4v) is 2.95. The number of aromatic nitrogens is 2. The Morgan fingerprint density at radius 2 is 2.04 bits per heavy atom. The molecule has 24 heavy (non-hydrogen) atoms. The lowest BCUT2D eigenvalue weighted by Gasteiger charge is -2.24. The van der Waals surface area contributed by atoms with Crippen LogP contribution in [0.3, 0.4) is 0 Å². The Kier molecular flexibility index (Phi) is 5.42. The van der Waals surface area contributed by atoms with Crippen molar-refractivity contribution in [3.63, 3.8) is 0 Å². The molecule has 3 rings (SSSR count). The van der Waals surface area contributed by atoms with Crippen LogP contribution in [-0.2, 0) is 11.2 Å². The Hall–Kier alpha value is -1.99. The van der Waals surface area contributed by atoms with Gasteiger partial charge in [-0.2, -0.15) is 0 Å². The Morgan fingerprint density at radius 1 is 1.33 bits per heavy atom. The van der Waals surface area contributed by atoms with Gasteiger partial charge >= 0.3 is 0 Å². The third-order valence-corrected chi connectivity index (χ3v) is 4.52. The number of halogens is 1. The van der Waals surface area contributed by atoms with Crippen LogP contribution in [-0.4, -0.2) is 35.4 Å². The zero-order valence-electron chi connectivity index (χ0n) is 13.1. The van der Waals surface area contributed by atoms with Gasteiger partial charge in [-0.15, -0.1) is 0 Å². The zero-order valence-corrected chi connectivity index (χ0v) is 14.7. The standard InChI is InChI=1S/C17H19BrN4O2/c18-12-3-1-11(2-4-12)9-15-21-16(14(10-19)17(23)22-15)20-13-5-7-24-8-6-13/h1-4,10,13,19H,5-9H2,(H2,20,21,22,23). The maximum Gasteiger partial charge on any atom is 0.261 e. The maximum atomic E-state index is 12.3. The van der Waals surface area contributed by atoms with Gasteiger partial charge in [0.05, 0.1) is 5.56 Å². The Bertz CT molecular complexity index is 767. The number of aromatic amines is 1. The van der Waals surface area contributed by atoms with Crippen LogP contribution in [0.25, 0.3) is 0 Å². The largest absolute Gasteiger partial charge is 0.381 e. The average Bonchev–Trinajstić information content (AvgIpc) is 2.58. The van der Waals surface area contributed by atoms with Crippen molar-refractivity contribution in [3.8, 4) is 0 Å². The number of ether oxygens (including phenoxy) is 1. The van der Waals surface area contributed by atoms with E-state index in [1.54, 1.807) is 0 Å². The van der Waals surface area contributed by atoms with Crippen LogP contribution in [0.5, 0.6) is 0 Å². The van der Waals surface area contributed by atoms with Gasteiger partial charge < -0.3 is 20.4 Å². The summed E-state index contributed by atoms with van der Waals surface area (Å²) < 4.78 is 6.36. The molecule has 0 amide bonds. The Morgan fingerprint density at radius 3 is 2.71 bits per heavy atom. The molecule has 0 saturated carbocycles. The first kappa shape index (κ1) is 16.9. The van der Waals surface area contributed by atoms with Crippen LogP contribution < -0.4 is 10.9 Å². The van der Waals surface area contributed by atoms with E-state index in [4.69, 9.17) is 10.1 Å². The van der Waals surface area contributed by atoms with Gasteiger partial charge in [0.15, 0.2) is 0 Å². The molecule has 1 aromatic carbocycles. The highest BCUT2D eigenvalue weighted by Gasteiger charge is 2.17. The van der Waals surface area contributed by atoms with Crippen molar-refractivity contribution in [1.29, 1.82) is 5.41 Å². The van der Waals surface area contributed by atoms with E-state index in [0.29, 0.717) is 31.3 Å². The first-order chi connectivity index (χ1) is 11.7. The topological polar surface area (TPSA) is 90.9 Å². The van der Waals surface area contributed by atoms with Gasteiger partial charge in [0.1, 0.15) is 11.6 Å². The van der Waals surface area contributed by atoms with Gasteiger partial charge in [-0.1, -0.05) is 28.1 Å². The summed E-state index contributed by atoms with van der Waals surface area (Å²) in [5.41, 5.74) is 1.03. The van der Waals surface area contributed by atoms with E-state index >= 15 is 0 Å². The van der Waals surface area contributed by atoms with Crippen LogP contribution in [0.4, 0.5) is 5.82 Å². The van der Waals surface area contributed by atoms with Gasteiger partial charge in [0.2, 0.25) is 0 Å². The van der Waals surface area contributed by atoms with Crippen molar-refractivity contribution in [2.45, 2.75) is 25.3 Å². The smallest absolute Gasteiger partial charge is 0.261 e. The molecule has 2 heterocycles. The monoisotopic (exact) mass is 390 g/mol. The molecule has 2 aromatic rings. The fourth-order valence-electron chi connectivity index (χ4n) is 2.69. The number of anilines is 1. The Labute approximate surface area is 148 Å². The number of rotatable bonds is 5. The van der Waals surface area contributed by atoms with Crippen molar-refractivity contribution < 1.29 is 4.74 Å². The van der Waals surface area contributed by atoms with Gasteiger partial charge in [0.25, 0.3) is 5.56 Å². The predicted octanol–water partition coefficient (Wildman–Crippen LogP) is 2.71. The molecule has 6 nitrogen and oxygen atoms in total. The minimum absolute atomic E-state index is 0.215. The van der Waals surface area contributed by atoms with E-state index in [-0.39, 0.29) is 17.2 Å². The number of hydrogen-bond donors (Lipinski definition) is 3. The van der Waals surface area contributed by atoms with Crippen molar-refractivity contribution in [3.05, 3.63) is 56.0 Å². The molecule has 1 saturated heterocycles. The average molecular weight is 391 g/mol. The Balaban J connectivity index is 1.86.